The number of amides is 1. The molecule has 1 aliphatic rings. The number of rotatable bonds is 2. The first-order chi connectivity index (χ1) is 9.59. The van der Waals surface area contributed by atoms with Crippen LogP contribution in [0.15, 0.2) is 42.5 Å². The second kappa shape index (κ2) is 4.63. The Morgan fingerprint density at radius 2 is 1.90 bits per heavy atom. The molecule has 2 aromatic carbocycles. The lowest BCUT2D eigenvalue weighted by Crippen LogP contribution is -2.27. The summed E-state index contributed by atoms with van der Waals surface area (Å²) < 4.78 is 0. The van der Waals surface area contributed by atoms with Crippen LogP contribution < -0.4 is 0 Å². The molecule has 1 aliphatic heterocycles. The Morgan fingerprint density at radius 3 is 2.65 bits per heavy atom. The second-order valence-electron chi connectivity index (χ2n) is 5.17. The lowest BCUT2D eigenvalue weighted by molar-refractivity contribution is -0.142. The SMILES string of the molecule is CN1C(=O)CC(C(=O)O)C1c1cccc2ccccc12. The van der Waals surface area contributed by atoms with Crippen LogP contribution in [-0.4, -0.2) is 28.9 Å². The van der Waals surface area contributed by atoms with Crippen molar-refractivity contribution < 1.29 is 14.7 Å². The van der Waals surface area contributed by atoms with Crippen molar-refractivity contribution in [2.45, 2.75) is 12.5 Å². The molecule has 4 nitrogen and oxygen atoms in total. The van der Waals surface area contributed by atoms with Gasteiger partial charge >= 0.3 is 5.97 Å². The first kappa shape index (κ1) is 12.7. The van der Waals surface area contributed by atoms with E-state index in [9.17, 15) is 14.7 Å². The zero-order valence-electron chi connectivity index (χ0n) is 11.1. The first-order valence-corrected chi connectivity index (χ1v) is 6.55. The van der Waals surface area contributed by atoms with Crippen molar-refractivity contribution in [3.63, 3.8) is 0 Å². The van der Waals surface area contributed by atoms with Gasteiger partial charge in [0.15, 0.2) is 0 Å². The minimum Gasteiger partial charge on any atom is -0.481 e. The standard InChI is InChI=1S/C16H15NO3/c1-17-14(18)9-13(16(19)20)15(17)12-8-4-6-10-5-2-3-7-11(10)12/h2-8,13,15H,9H2,1H3,(H,19,20). The summed E-state index contributed by atoms with van der Waals surface area (Å²) in [4.78, 5) is 24.9. The third-order valence-electron chi connectivity index (χ3n) is 4.05. The Labute approximate surface area is 116 Å². The molecule has 0 radical (unpaired) electrons. The third kappa shape index (κ3) is 1.84. The molecular weight excluding hydrogens is 254 g/mol. The summed E-state index contributed by atoms with van der Waals surface area (Å²) in [6.45, 7) is 0. The normalized spacial score (nSPS) is 22.4. The van der Waals surface area contributed by atoms with E-state index in [1.54, 1.807) is 11.9 Å². The number of carbonyl (C=O) groups is 2. The highest BCUT2D eigenvalue weighted by atomic mass is 16.4. The van der Waals surface area contributed by atoms with Gasteiger partial charge in [0, 0.05) is 13.5 Å². The monoisotopic (exact) mass is 269 g/mol. The molecule has 1 amide bonds. The van der Waals surface area contributed by atoms with Gasteiger partial charge in [-0.05, 0) is 16.3 Å². The van der Waals surface area contributed by atoms with Crippen molar-refractivity contribution in [1.82, 2.24) is 4.90 Å². The predicted octanol–water partition coefficient (Wildman–Crippen LogP) is 2.44. The highest BCUT2D eigenvalue weighted by molar-refractivity contribution is 5.91. The number of aliphatic carboxylic acids is 1. The van der Waals surface area contributed by atoms with Crippen LogP contribution in [0.2, 0.25) is 0 Å². The number of fused-ring (bicyclic) bond motifs is 1. The molecular formula is C16H15NO3. The van der Waals surface area contributed by atoms with Crippen LogP contribution in [0.4, 0.5) is 0 Å². The largest absolute Gasteiger partial charge is 0.481 e. The second-order valence-corrected chi connectivity index (χ2v) is 5.17. The van der Waals surface area contributed by atoms with Crippen molar-refractivity contribution >= 4 is 22.6 Å². The average Bonchev–Trinajstić information content (AvgIpc) is 2.75. The minimum absolute atomic E-state index is 0.0692. The van der Waals surface area contributed by atoms with Crippen LogP contribution in [-0.2, 0) is 9.59 Å². The number of carboxylic acid groups (broad SMARTS) is 1. The first-order valence-electron chi connectivity index (χ1n) is 6.55. The topological polar surface area (TPSA) is 57.6 Å². The molecule has 1 N–H and O–H groups in total. The van der Waals surface area contributed by atoms with Crippen LogP contribution in [0.5, 0.6) is 0 Å². The fraction of sp³-hybridized carbons (Fsp3) is 0.250. The van der Waals surface area contributed by atoms with Crippen LogP contribution in [0.3, 0.4) is 0 Å². The molecule has 0 aliphatic carbocycles. The van der Waals surface area contributed by atoms with Gasteiger partial charge in [-0.3, -0.25) is 9.59 Å². The molecule has 20 heavy (non-hydrogen) atoms. The highest BCUT2D eigenvalue weighted by Gasteiger charge is 2.43. The van der Waals surface area contributed by atoms with E-state index in [2.05, 4.69) is 0 Å². The predicted molar refractivity (Wildman–Crippen MR) is 75.2 cm³/mol. The van der Waals surface area contributed by atoms with E-state index >= 15 is 0 Å². The number of hydrogen-bond donors (Lipinski definition) is 1. The lowest BCUT2D eigenvalue weighted by atomic mass is 9.90. The summed E-state index contributed by atoms with van der Waals surface area (Å²) in [5, 5.41) is 11.4. The molecule has 0 saturated carbocycles. The summed E-state index contributed by atoms with van der Waals surface area (Å²) in [5.74, 6) is -1.71. The molecule has 4 heteroatoms. The number of benzene rings is 2. The van der Waals surface area contributed by atoms with Gasteiger partial charge < -0.3 is 10.0 Å². The summed E-state index contributed by atoms with van der Waals surface area (Å²) in [6.07, 6.45) is 0.0692. The van der Waals surface area contributed by atoms with Crippen LogP contribution in [0.1, 0.15) is 18.0 Å². The van der Waals surface area contributed by atoms with E-state index in [0.29, 0.717) is 0 Å². The maximum absolute atomic E-state index is 11.9. The molecule has 2 atom stereocenters. The molecule has 2 aromatic rings. The Bertz CT molecular complexity index is 690. The van der Waals surface area contributed by atoms with Crippen LogP contribution in [0, 0.1) is 5.92 Å². The molecule has 0 spiro atoms. The smallest absolute Gasteiger partial charge is 0.309 e. The summed E-state index contributed by atoms with van der Waals surface area (Å²) in [6, 6.07) is 13.3. The van der Waals surface area contributed by atoms with Crippen LogP contribution in [0.25, 0.3) is 10.8 Å². The van der Waals surface area contributed by atoms with Crippen molar-refractivity contribution in [2.75, 3.05) is 7.05 Å². The number of likely N-dealkylation sites (tertiary alicyclic amines) is 1. The summed E-state index contributed by atoms with van der Waals surface area (Å²) in [5.41, 5.74) is 0.906. The van der Waals surface area contributed by atoms with Gasteiger partial charge in [0.25, 0.3) is 0 Å². The van der Waals surface area contributed by atoms with E-state index in [0.717, 1.165) is 16.3 Å². The number of hydrogen-bond acceptors (Lipinski definition) is 2. The van der Waals surface area contributed by atoms with Gasteiger partial charge in [-0.25, -0.2) is 0 Å². The van der Waals surface area contributed by atoms with Gasteiger partial charge in [0.1, 0.15) is 0 Å². The Morgan fingerprint density at radius 1 is 1.20 bits per heavy atom. The lowest BCUT2D eigenvalue weighted by Gasteiger charge is -2.24. The number of nitrogens with zero attached hydrogens (tertiary/aromatic N) is 1. The third-order valence-corrected chi connectivity index (χ3v) is 4.05. The molecule has 102 valence electrons. The maximum Gasteiger partial charge on any atom is 0.309 e. The molecule has 1 saturated heterocycles. The fourth-order valence-electron chi connectivity index (χ4n) is 3.02. The van der Waals surface area contributed by atoms with E-state index in [4.69, 9.17) is 0 Å². The quantitative estimate of drug-likeness (QED) is 0.911. The Kier molecular flexibility index (Phi) is 2.93. The van der Waals surface area contributed by atoms with Crippen LogP contribution >= 0.6 is 0 Å². The Hall–Kier alpha value is -2.36. The van der Waals surface area contributed by atoms with Gasteiger partial charge in [-0.15, -0.1) is 0 Å². The highest BCUT2D eigenvalue weighted by Crippen LogP contribution is 2.39. The summed E-state index contributed by atoms with van der Waals surface area (Å²) in [7, 11) is 1.68. The molecule has 0 aromatic heterocycles. The Balaban J connectivity index is 2.18. The van der Waals surface area contributed by atoms with E-state index in [-0.39, 0.29) is 12.3 Å². The maximum atomic E-state index is 11.9. The molecule has 3 rings (SSSR count). The fourth-order valence-corrected chi connectivity index (χ4v) is 3.02. The molecule has 0 bridgehead atoms. The number of carboxylic acids is 1. The zero-order valence-corrected chi connectivity index (χ0v) is 11.1. The van der Waals surface area contributed by atoms with Gasteiger partial charge in [-0.2, -0.15) is 0 Å². The molecule has 1 heterocycles. The van der Waals surface area contributed by atoms with Crippen molar-refractivity contribution in [1.29, 1.82) is 0 Å². The van der Waals surface area contributed by atoms with Gasteiger partial charge in [0.05, 0.1) is 12.0 Å². The van der Waals surface area contributed by atoms with E-state index in [1.807, 2.05) is 42.5 Å². The minimum atomic E-state index is -0.916. The van der Waals surface area contributed by atoms with Crippen molar-refractivity contribution in [3.05, 3.63) is 48.0 Å². The van der Waals surface area contributed by atoms with Crippen molar-refractivity contribution in [2.24, 2.45) is 5.92 Å². The number of carbonyl (C=O) groups excluding carboxylic acids is 1. The summed E-state index contributed by atoms with van der Waals surface area (Å²) >= 11 is 0. The van der Waals surface area contributed by atoms with Gasteiger partial charge in [0.2, 0.25) is 5.91 Å². The van der Waals surface area contributed by atoms with E-state index in [1.165, 1.54) is 0 Å². The van der Waals surface area contributed by atoms with Crippen molar-refractivity contribution in [3.8, 4) is 0 Å². The molecule has 2 unspecified atom stereocenters. The zero-order chi connectivity index (χ0) is 14.3. The van der Waals surface area contributed by atoms with E-state index < -0.39 is 17.9 Å². The average molecular weight is 269 g/mol. The van der Waals surface area contributed by atoms with Gasteiger partial charge in [-0.1, -0.05) is 42.5 Å². The molecule has 1 fully saturated rings.